The van der Waals surface area contributed by atoms with E-state index in [2.05, 4.69) is 4.90 Å². The third kappa shape index (κ3) is 3.22. The van der Waals surface area contributed by atoms with Crippen LogP contribution in [0.3, 0.4) is 0 Å². The van der Waals surface area contributed by atoms with Crippen molar-refractivity contribution in [2.45, 2.75) is 38.3 Å². The molecule has 1 saturated heterocycles. The zero-order valence-corrected chi connectivity index (χ0v) is 11.2. The fourth-order valence-electron chi connectivity index (χ4n) is 2.65. The van der Waals surface area contributed by atoms with E-state index < -0.39 is 0 Å². The van der Waals surface area contributed by atoms with Gasteiger partial charge in [0.25, 0.3) is 0 Å². The van der Waals surface area contributed by atoms with Gasteiger partial charge in [0, 0.05) is 19.2 Å². The van der Waals surface area contributed by atoms with Gasteiger partial charge in [0.2, 0.25) is 0 Å². The fraction of sp³-hybridized carbons (Fsp3) is 0.571. The van der Waals surface area contributed by atoms with E-state index in [0.29, 0.717) is 12.6 Å². The summed E-state index contributed by atoms with van der Waals surface area (Å²) >= 11 is 5.98. The van der Waals surface area contributed by atoms with Crippen LogP contribution >= 0.6 is 11.6 Å². The molecule has 0 bridgehead atoms. The van der Waals surface area contributed by atoms with Gasteiger partial charge >= 0.3 is 0 Å². The molecule has 4 heteroatoms. The molecule has 1 unspecified atom stereocenters. The average molecular weight is 272 g/mol. The van der Waals surface area contributed by atoms with Crippen molar-refractivity contribution in [2.24, 2.45) is 0 Å². The number of rotatable bonds is 5. The van der Waals surface area contributed by atoms with Crippen LogP contribution in [0.2, 0.25) is 5.02 Å². The third-order valence-electron chi connectivity index (χ3n) is 3.60. The van der Waals surface area contributed by atoms with Crippen LogP contribution in [0.5, 0.6) is 0 Å². The lowest BCUT2D eigenvalue weighted by Gasteiger charge is -2.24. The van der Waals surface area contributed by atoms with Crippen molar-refractivity contribution in [1.29, 1.82) is 0 Å². The maximum Gasteiger partial charge on any atom is 0.142 e. The lowest BCUT2D eigenvalue weighted by atomic mass is 10.1. The highest BCUT2D eigenvalue weighted by Crippen LogP contribution is 2.27. The molecular formula is C14H19ClFNO. The summed E-state index contributed by atoms with van der Waals surface area (Å²) in [5.74, 6) is -0.347. The van der Waals surface area contributed by atoms with Crippen molar-refractivity contribution in [3.05, 3.63) is 34.6 Å². The summed E-state index contributed by atoms with van der Waals surface area (Å²) in [6.07, 6.45) is 4.16. The molecule has 1 aromatic rings. The second-order valence-electron chi connectivity index (χ2n) is 4.85. The highest BCUT2D eigenvalue weighted by molar-refractivity contribution is 6.31. The molecule has 1 heterocycles. The van der Waals surface area contributed by atoms with E-state index in [4.69, 9.17) is 16.7 Å². The van der Waals surface area contributed by atoms with Gasteiger partial charge in [-0.05, 0) is 43.9 Å². The van der Waals surface area contributed by atoms with Crippen molar-refractivity contribution in [2.75, 3.05) is 13.2 Å². The van der Waals surface area contributed by atoms with Crippen LogP contribution in [0.4, 0.5) is 4.39 Å². The van der Waals surface area contributed by atoms with E-state index in [1.807, 2.05) is 6.07 Å². The first-order valence-electron chi connectivity index (χ1n) is 6.50. The molecule has 1 atom stereocenters. The summed E-state index contributed by atoms with van der Waals surface area (Å²) in [7, 11) is 0. The zero-order chi connectivity index (χ0) is 13.0. The number of nitrogens with zero attached hydrogens (tertiary/aromatic N) is 1. The zero-order valence-electron chi connectivity index (χ0n) is 10.4. The number of likely N-dealkylation sites (tertiary alicyclic amines) is 1. The first-order valence-corrected chi connectivity index (χ1v) is 6.88. The smallest absolute Gasteiger partial charge is 0.142 e. The topological polar surface area (TPSA) is 23.5 Å². The van der Waals surface area contributed by atoms with E-state index in [9.17, 15) is 4.39 Å². The van der Waals surface area contributed by atoms with Crippen LogP contribution in [0.25, 0.3) is 0 Å². The summed E-state index contributed by atoms with van der Waals surface area (Å²) in [6, 6.07) is 5.47. The Kier molecular flexibility index (Phi) is 4.98. The van der Waals surface area contributed by atoms with Gasteiger partial charge in [0.15, 0.2) is 0 Å². The molecule has 1 N–H and O–H groups in total. The summed E-state index contributed by atoms with van der Waals surface area (Å²) in [5, 5.41) is 9.13. The monoisotopic (exact) mass is 271 g/mol. The van der Waals surface area contributed by atoms with Gasteiger partial charge in [-0.15, -0.1) is 0 Å². The molecule has 0 aromatic heterocycles. The van der Waals surface area contributed by atoms with Gasteiger partial charge in [-0.25, -0.2) is 4.39 Å². The van der Waals surface area contributed by atoms with E-state index >= 15 is 0 Å². The van der Waals surface area contributed by atoms with E-state index in [1.165, 1.54) is 12.5 Å². The summed E-state index contributed by atoms with van der Waals surface area (Å²) in [4.78, 5) is 2.34. The van der Waals surface area contributed by atoms with Crippen molar-refractivity contribution >= 4 is 11.6 Å². The fourth-order valence-corrected chi connectivity index (χ4v) is 2.83. The molecule has 0 spiro atoms. The Hall–Kier alpha value is -0.640. The Morgan fingerprint density at radius 3 is 3.06 bits per heavy atom. The molecule has 0 radical (unpaired) electrons. The summed E-state index contributed by atoms with van der Waals surface area (Å²) < 4.78 is 13.4. The van der Waals surface area contributed by atoms with E-state index in [-0.39, 0.29) is 17.4 Å². The molecule has 100 valence electrons. The van der Waals surface area contributed by atoms with Crippen LogP contribution in [0, 0.1) is 5.82 Å². The first-order chi connectivity index (χ1) is 8.72. The summed E-state index contributed by atoms with van der Waals surface area (Å²) in [6.45, 7) is 1.97. The maximum absolute atomic E-state index is 13.4. The maximum atomic E-state index is 13.4. The Bertz CT molecular complexity index is 399. The van der Waals surface area contributed by atoms with Crippen molar-refractivity contribution < 1.29 is 9.50 Å². The minimum Gasteiger partial charge on any atom is -0.396 e. The SMILES string of the molecule is OCCCC1CCCN1Cc1cccc(F)c1Cl. The molecule has 0 saturated carbocycles. The molecule has 18 heavy (non-hydrogen) atoms. The molecule has 0 aliphatic carbocycles. The Morgan fingerprint density at radius 1 is 1.44 bits per heavy atom. The van der Waals surface area contributed by atoms with E-state index in [0.717, 1.165) is 31.4 Å². The number of benzene rings is 1. The number of aliphatic hydroxyl groups excluding tert-OH is 1. The van der Waals surface area contributed by atoms with Gasteiger partial charge in [0.05, 0.1) is 5.02 Å². The lowest BCUT2D eigenvalue weighted by Crippen LogP contribution is -2.29. The van der Waals surface area contributed by atoms with Crippen molar-refractivity contribution in [3.63, 3.8) is 0 Å². The van der Waals surface area contributed by atoms with Crippen molar-refractivity contribution in [1.82, 2.24) is 4.90 Å². The van der Waals surface area contributed by atoms with Crippen LogP contribution in [0.1, 0.15) is 31.2 Å². The van der Waals surface area contributed by atoms with Gasteiger partial charge < -0.3 is 5.11 Å². The highest BCUT2D eigenvalue weighted by atomic mass is 35.5. The average Bonchev–Trinajstić information content (AvgIpc) is 2.80. The second kappa shape index (κ2) is 6.50. The molecule has 1 fully saturated rings. The molecule has 2 nitrogen and oxygen atoms in total. The Balaban J connectivity index is 2.01. The molecule has 2 rings (SSSR count). The Labute approximate surface area is 112 Å². The van der Waals surface area contributed by atoms with Crippen molar-refractivity contribution in [3.8, 4) is 0 Å². The predicted octanol–water partition coefficient (Wildman–Crippen LogP) is 3.22. The van der Waals surface area contributed by atoms with E-state index in [1.54, 1.807) is 6.07 Å². The minimum absolute atomic E-state index is 0.241. The van der Waals surface area contributed by atoms with Crippen LogP contribution in [-0.4, -0.2) is 29.2 Å². The molecule has 1 aliphatic heterocycles. The number of aliphatic hydroxyl groups is 1. The van der Waals surface area contributed by atoms with Gasteiger partial charge in [0.1, 0.15) is 5.82 Å². The molecule has 1 aromatic carbocycles. The van der Waals surface area contributed by atoms with Gasteiger partial charge in [-0.1, -0.05) is 23.7 Å². The van der Waals surface area contributed by atoms with Gasteiger partial charge in [-0.3, -0.25) is 4.90 Å². The van der Waals surface area contributed by atoms with Gasteiger partial charge in [-0.2, -0.15) is 0 Å². The van der Waals surface area contributed by atoms with Crippen LogP contribution < -0.4 is 0 Å². The molecular weight excluding hydrogens is 253 g/mol. The normalized spacial score (nSPS) is 20.5. The van der Waals surface area contributed by atoms with Crippen LogP contribution in [0.15, 0.2) is 18.2 Å². The lowest BCUT2D eigenvalue weighted by molar-refractivity contribution is 0.210. The third-order valence-corrected chi connectivity index (χ3v) is 4.02. The predicted molar refractivity (Wildman–Crippen MR) is 71.2 cm³/mol. The van der Waals surface area contributed by atoms with Crippen LogP contribution in [-0.2, 0) is 6.54 Å². The largest absolute Gasteiger partial charge is 0.396 e. The summed E-state index contributed by atoms with van der Waals surface area (Å²) in [5.41, 5.74) is 0.854. The molecule has 1 aliphatic rings. The standard InChI is InChI=1S/C14H19ClFNO/c15-14-11(4-1-7-13(14)16)10-17-8-2-5-12(17)6-3-9-18/h1,4,7,12,18H,2-3,5-6,8-10H2. The first kappa shape index (κ1) is 13.8. The molecule has 0 amide bonds. The second-order valence-corrected chi connectivity index (χ2v) is 5.22. The number of hydrogen-bond donors (Lipinski definition) is 1. The quantitative estimate of drug-likeness (QED) is 0.889. The number of hydrogen-bond acceptors (Lipinski definition) is 2. The number of halogens is 2. The minimum atomic E-state index is -0.347. The highest BCUT2D eigenvalue weighted by Gasteiger charge is 2.24. The Morgan fingerprint density at radius 2 is 2.28 bits per heavy atom.